The van der Waals surface area contributed by atoms with Gasteiger partial charge in [-0.15, -0.1) is 0 Å². The van der Waals surface area contributed by atoms with E-state index in [1.54, 1.807) is 0 Å². The highest BCUT2D eigenvalue weighted by Gasteiger charge is 2.52. The Morgan fingerprint density at radius 3 is 2.86 bits per heavy atom. The highest BCUT2D eigenvalue weighted by molar-refractivity contribution is 5.37. The van der Waals surface area contributed by atoms with E-state index >= 15 is 0 Å². The number of hydrogen-bond acceptors (Lipinski definition) is 1. The van der Waals surface area contributed by atoms with Gasteiger partial charge in [0.05, 0.1) is 6.10 Å². The maximum atomic E-state index is 10.3. The lowest BCUT2D eigenvalue weighted by molar-refractivity contribution is -0.0224. The molecule has 0 saturated heterocycles. The van der Waals surface area contributed by atoms with Crippen LogP contribution in [0.25, 0.3) is 0 Å². The van der Waals surface area contributed by atoms with Crippen molar-refractivity contribution < 1.29 is 5.11 Å². The predicted octanol–water partition coefficient (Wildman–Crippen LogP) is 4.56. The summed E-state index contributed by atoms with van der Waals surface area (Å²) >= 11 is 0. The molecule has 2 aliphatic rings. The molecule has 0 spiro atoms. The molecular weight excluding hydrogens is 268 g/mol. The summed E-state index contributed by atoms with van der Waals surface area (Å²) in [5.74, 6) is 8.41. The Balaban J connectivity index is 1.77. The molecule has 1 N–H and O–H groups in total. The van der Waals surface area contributed by atoms with Gasteiger partial charge in [-0.3, -0.25) is 0 Å². The summed E-state index contributed by atoms with van der Waals surface area (Å²) in [6.45, 7) is 6.80. The van der Waals surface area contributed by atoms with Gasteiger partial charge in [0.2, 0.25) is 0 Å². The quantitative estimate of drug-likeness (QED) is 0.753. The molecule has 0 heterocycles. The molecule has 5 atom stereocenters. The summed E-state index contributed by atoms with van der Waals surface area (Å²) < 4.78 is 0. The van der Waals surface area contributed by atoms with E-state index < -0.39 is 0 Å². The molecule has 2 fully saturated rings. The van der Waals surface area contributed by atoms with E-state index in [0.717, 1.165) is 12.0 Å². The topological polar surface area (TPSA) is 20.2 Å². The summed E-state index contributed by atoms with van der Waals surface area (Å²) in [4.78, 5) is 0. The molecule has 0 aliphatic heterocycles. The third-order valence-corrected chi connectivity index (χ3v) is 6.23. The number of aryl methyl sites for hydroxylation is 1. The summed E-state index contributed by atoms with van der Waals surface area (Å²) in [6.07, 6.45) is 5.75. The first kappa shape index (κ1) is 15.6. The molecule has 1 heteroatoms. The van der Waals surface area contributed by atoms with Gasteiger partial charge in [-0.1, -0.05) is 44.2 Å². The van der Waals surface area contributed by atoms with Crippen LogP contribution >= 0.6 is 0 Å². The van der Waals surface area contributed by atoms with E-state index in [4.69, 9.17) is 0 Å². The minimum Gasteiger partial charge on any atom is -0.393 e. The van der Waals surface area contributed by atoms with Gasteiger partial charge in [0.1, 0.15) is 0 Å². The van der Waals surface area contributed by atoms with Gasteiger partial charge in [0.25, 0.3) is 0 Å². The zero-order chi connectivity index (χ0) is 15.7. The maximum Gasteiger partial charge on any atom is 0.0573 e. The Bertz CT molecular complexity index is 593. The fourth-order valence-corrected chi connectivity index (χ4v) is 5.03. The Labute approximate surface area is 135 Å². The van der Waals surface area contributed by atoms with Gasteiger partial charge in [-0.2, -0.15) is 0 Å². The molecule has 2 unspecified atom stereocenters. The lowest BCUT2D eigenvalue weighted by Gasteiger charge is -2.44. The smallest absolute Gasteiger partial charge is 0.0573 e. The Hall–Kier alpha value is -1.26. The normalized spacial score (nSPS) is 35.4. The van der Waals surface area contributed by atoms with Crippen LogP contribution < -0.4 is 0 Å². The number of aliphatic hydroxyl groups excluding tert-OH is 1. The molecule has 3 rings (SSSR count). The van der Waals surface area contributed by atoms with Crippen LogP contribution in [0.4, 0.5) is 0 Å². The first-order chi connectivity index (χ1) is 10.5. The number of rotatable bonds is 1. The van der Waals surface area contributed by atoms with Gasteiger partial charge >= 0.3 is 0 Å². The van der Waals surface area contributed by atoms with Crippen molar-refractivity contribution in [1.29, 1.82) is 0 Å². The minimum atomic E-state index is -0.0827. The molecule has 0 bridgehead atoms. The average molecular weight is 296 g/mol. The van der Waals surface area contributed by atoms with Gasteiger partial charge in [0.15, 0.2) is 0 Å². The van der Waals surface area contributed by atoms with Crippen molar-refractivity contribution in [2.75, 3.05) is 0 Å². The van der Waals surface area contributed by atoms with E-state index in [1.165, 1.54) is 31.2 Å². The molecule has 2 saturated carbocycles. The van der Waals surface area contributed by atoms with Crippen molar-refractivity contribution in [3.05, 3.63) is 35.4 Å². The van der Waals surface area contributed by atoms with Crippen molar-refractivity contribution in [3.8, 4) is 11.8 Å². The molecular formula is C21H28O. The van der Waals surface area contributed by atoms with Gasteiger partial charge < -0.3 is 5.11 Å². The van der Waals surface area contributed by atoms with Gasteiger partial charge in [-0.25, -0.2) is 0 Å². The number of hydrogen-bond donors (Lipinski definition) is 1. The van der Waals surface area contributed by atoms with E-state index in [-0.39, 0.29) is 6.10 Å². The largest absolute Gasteiger partial charge is 0.393 e. The zero-order valence-corrected chi connectivity index (χ0v) is 14.1. The number of aliphatic hydroxyl groups is 1. The van der Waals surface area contributed by atoms with Crippen LogP contribution in [0.3, 0.4) is 0 Å². The Morgan fingerprint density at radius 1 is 1.27 bits per heavy atom. The summed E-state index contributed by atoms with van der Waals surface area (Å²) in [7, 11) is 0. The third-order valence-electron chi connectivity index (χ3n) is 6.23. The molecule has 1 nitrogen and oxygen atoms in total. The fraction of sp³-hybridized carbons (Fsp3) is 0.619. The monoisotopic (exact) mass is 296 g/mol. The molecule has 0 aromatic heterocycles. The van der Waals surface area contributed by atoms with Crippen LogP contribution in [0, 0.1) is 41.9 Å². The van der Waals surface area contributed by atoms with Crippen molar-refractivity contribution in [3.63, 3.8) is 0 Å². The van der Waals surface area contributed by atoms with Crippen LogP contribution in [0.15, 0.2) is 24.3 Å². The van der Waals surface area contributed by atoms with E-state index in [2.05, 4.69) is 56.9 Å². The lowest BCUT2D eigenvalue weighted by Crippen LogP contribution is -2.41. The average Bonchev–Trinajstić information content (AvgIpc) is 2.83. The minimum absolute atomic E-state index is 0.0827. The first-order valence-electron chi connectivity index (χ1n) is 8.77. The second-order valence-corrected chi connectivity index (χ2v) is 7.68. The highest BCUT2D eigenvalue weighted by Crippen LogP contribution is 2.57. The molecule has 2 aliphatic carbocycles. The van der Waals surface area contributed by atoms with E-state index in [0.29, 0.717) is 23.2 Å². The summed E-state index contributed by atoms with van der Waals surface area (Å²) in [6, 6.07) is 8.44. The lowest BCUT2D eigenvalue weighted by atomic mass is 9.62. The Kier molecular flexibility index (Phi) is 4.33. The van der Waals surface area contributed by atoms with Crippen molar-refractivity contribution >= 4 is 0 Å². The third kappa shape index (κ3) is 2.82. The van der Waals surface area contributed by atoms with E-state index in [1.807, 2.05) is 0 Å². The highest BCUT2D eigenvalue weighted by atomic mass is 16.3. The van der Waals surface area contributed by atoms with Gasteiger partial charge in [-0.05, 0) is 67.6 Å². The number of benzene rings is 1. The maximum absolute atomic E-state index is 10.3. The second kappa shape index (κ2) is 6.09. The van der Waals surface area contributed by atoms with Crippen molar-refractivity contribution in [2.24, 2.45) is 23.2 Å². The second-order valence-electron chi connectivity index (χ2n) is 7.68. The van der Waals surface area contributed by atoms with Crippen LogP contribution in [0.2, 0.25) is 0 Å². The summed E-state index contributed by atoms with van der Waals surface area (Å²) in [5, 5.41) is 10.3. The summed E-state index contributed by atoms with van der Waals surface area (Å²) in [5.41, 5.74) is 2.68. The zero-order valence-electron chi connectivity index (χ0n) is 14.1. The number of fused-ring (bicyclic) bond motifs is 1. The van der Waals surface area contributed by atoms with Crippen molar-refractivity contribution in [1.82, 2.24) is 0 Å². The van der Waals surface area contributed by atoms with Gasteiger partial charge in [0, 0.05) is 11.5 Å². The van der Waals surface area contributed by atoms with Crippen LogP contribution in [0.5, 0.6) is 0 Å². The molecule has 0 radical (unpaired) electrons. The molecule has 1 aromatic carbocycles. The molecule has 118 valence electrons. The fourth-order valence-electron chi connectivity index (χ4n) is 5.03. The van der Waals surface area contributed by atoms with Crippen LogP contribution in [0.1, 0.15) is 57.1 Å². The Morgan fingerprint density at radius 2 is 2.09 bits per heavy atom. The van der Waals surface area contributed by atoms with Crippen molar-refractivity contribution in [2.45, 2.75) is 59.0 Å². The first-order valence-corrected chi connectivity index (χ1v) is 8.77. The molecule has 0 amide bonds. The van der Waals surface area contributed by atoms with E-state index in [9.17, 15) is 5.11 Å². The molecule has 22 heavy (non-hydrogen) atoms. The van der Waals surface area contributed by atoms with Crippen LogP contribution in [-0.4, -0.2) is 11.2 Å². The standard InChI is InChI=1S/C21H28O/c1-15-6-4-7-17(14-15)10-9-16(2)18-11-12-19-20(22)8-5-13-21(18,19)3/h4,6-7,14,16,18-20,22H,5,8,11-13H2,1-3H3/t16?,18-,19?,20+,21-/m1/s1. The SMILES string of the molecule is Cc1cccc(C#CC(C)[C@H]2CCC3[C@@H](O)CCC[C@@]32C)c1. The predicted molar refractivity (Wildman–Crippen MR) is 91.4 cm³/mol. The van der Waals surface area contributed by atoms with Crippen LogP contribution in [-0.2, 0) is 0 Å². The molecule has 1 aromatic rings.